The molecule has 0 radical (unpaired) electrons. The molecule has 128 valence electrons. The first-order chi connectivity index (χ1) is 10.2. The van der Waals surface area contributed by atoms with Crippen LogP contribution in [-0.2, 0) is 24.8 Å². The zero-order valence-corrected chi connectivity index (χ0v) is 15.3. The molecule has 10 heteroatoms. The van der Waals surface area contributed by atoms with E-state index in [0.717, 1.165) is 35.2 Å². The Kier molecular flexibility index (Phi) is 7.40. The van der Waals surface area contributed by atoms with Gasteiger partial charge in [0, 0.05) is 25.7 Å². The van der Waals surface area contributed by atoms with Crippen LogP contribution in [0.3, 0.4) is 0 Å². The number of rotatable bonds is 4. The Bertz CT molecular complexity index is 659. The molecule has 7 nitrogen and oxygen atoms in total. The second-order valence-electron chi connectivity index (χ2n) is 4.92. The molecule has 0 aromatic carbocycles. The minimum atomic E-state index is -0.381. The highest BCUT2D eigenvalue weighted by Crippen LogP contribution is 2.19. The van der Waals surface area contributed by atoms with Gasteiger partial charge in [0.15, 0.2) is 5.16 Å². The van der Waals surface area contributed by atoms with E-state index in [1.165, 1.54) is 0 Å². The molecule has 3 rings (SSSR count). The lowest BCUT2D eigenvalue weighted by molar-refractivity contribution is -0.123. The van der Waals surface area contributed by atoms with Gasteiger partial charge in [0.05, 0.1) is 30.5 Å². The predicted molar refractivity (Wildman–Crippen MR) is 94.4 cm³/mol. The molecule has 0 saturated heterocycles. The van der Waals surface area contributed by atoms with Gasteiger partial charge in [0.25, 0.3) is 0 Å². The number of carbonyl (C=O) groups excluding carboxylic acids is 1. The van der Waals surface area contributed by atoms with Crippen molar-refractivity contribution in [2.45, 2.75) is 24.2 Å². The van der Waals surface area contributed by atoms with Crippen LogP contribution >= 0.6 is 36.6 Å². The maximum absolute atomic E-state index is 12.4. The van der Waals surface area contributed by atoms with Crippen LogP contribution in [0.1, 0.15) is 23.1 Å². The molecule has 2 aromatic heterocycles. The zero-order valence-electron chi connectivity index (χ0n) is 12.8. The van der Waals surface area contributed by atoms with Crippen molar-refractivity contribution in [1.82, 2.24) is 30.2 Å². The van der Waals surface area contributed by atoms with Crippen LogP contribution in [0.15, 0.2) is 17.7 Å². The van der Waals surface area contributed by atoms with Crippen LogP contribution in [0.25, 0.3) is 0 Å². The molecule has 1 atom stereocenters. The lowest BCUT2D eigenvalue weighted by Gasteiger charge is -2.22. The van der Waals surface area contributed by atoms with Crippen molar-refractivity contribution in [2.24, 2.45) is 7.05 Å². The Hall–Kier alpha value is -1.22. The highest BCUT2D eigenvalue weighted by atomic mass is 35.5. The molecule has 3 heterocycles. The first-order valence-electron chi connectivity index (χ1n) is 6.78. The number of nitrogens with one attached hydrogen (secondary N) is 3. The molecule has 0 saturated carbocycles. The summed E-state index contributed by atoms with van der Waals surface area (Å²) in [6.45, 7) is 1.23. The third kappa shape index (κ3) is 4.00. The van der Waals surface area contributed by atoms with E-state index in [9.17, 15) is 4.79 Å². The number of halogens is 2. The number of fused-ring (bicyclic) bond motifs is 1. The van der Waals surface area contributed by atoms with Crippen LogP contribution in [0, 0.1) is 0 Å². The van der Waals surface area contributed by atoms with Crippen molar-refractivity contribution in [3.05, 3.63) is 29.6 Å². The Morgan fingerprint density at radius 1 is 1.48 bits per heavy atom. The van der Waals surface area contributed by atoms with Gasteiger partial charge in [-0.25, -0.2) is 9.97 Å². The molecule has 2 aromatic rings. The van der Waals surface area contributed by atoms with Crippen LogP contribution in [0.5, 0.6) is 0 Å². The fourth-order valence-electron chi connectivity index (χ4n) is 2.50. The number of aromatic nitrogens is 4. The lowest BCUT2D eigenvalue weighted by Crippen LogP contribution is -2.41. The second-order valence-corrected chi connectivity index (χ2v) is 5.69. The number of thioether (sulfide) groups is 1. The van der Waals surface area contributed by atoms with Gasteiger partial charge >= 0.3 is 0 Å². The van der Waals surface area contributed by atoms with Gasteiger partial charge in [0.1, 0.15) is 6.04 Å². The van der Waals surface area contributed by atoms with Crippen molar-refractivity contribution in [3.63, 3.8) is 0 Å². The van der Waals surface area contributed by atoms with Gasteiger partial charge in [-0.15, -0.1) is 24.8 Å². The Balaban J connectivity index is 0.00000132. The van der Waals surface area contributed by atoms with E-state index in [1.807, 2.05) is 17.9 Å². The molecule has 0 spiro atoms. The van der Waals surface area contributed by atoms with Crippen molar-refractivity contribution in [3.8, 4) is 0 Å². The van der Waals surface area contributed by atoms with Gasteiger partial charge < -0.3 is 20.2 Å². The third-order valence-corrected chi connectivity index (χ3v) is 4.42. The van der Waals surface area contributed by atoms with Gasteiger partial charge in [-0.1, -0.05) is 11.8 Å². The van der Waals surface area contributed by atoms with Crippen molar-refractivity contribution < 1.29 is 4.79 Å². The molecule has 1 unspecified atom stereocenters. The molecule has 1 aliphatic heterocycles. The molecule has 1 amide bonds. The van der Waals surface area contributed by atoms with E-state index in [1.54, 1.807) is 24.3 Å². The lowest BCUT2D eigenvalue weighted by atomic mass is 10.1. The number of aromatic amines is 1. The molecule has 23 heavy (non-hydrogen) atoms. The smallest absolute Gasteiger partial charge is 0.243 e. The van der Waals surface area contributed by atoms with Gasteiger partial charge in [-0.05, 0) is 6.26 Å². The minimum absolute atomic E-state index is 0. The number of carbonyl (C=O) groups is 1. The van der Waals surface area contributed by atoms with E-state index < -0.39 is 0 Å². The summed E-state index contributed by atoms with van der Waals surface area (Å²) in [7, 11) is 1.95. The summed E-state index contributed by atoms with van der Waals surface area (Å²) in [6.07, 6.45) is 6.29. The second kappa shape index (κ2) is 8.58. The van der Waals surface area contributed by atoms with Gasteiger partial charge in [-0.2, -0.15) is 0 Å². The maximum Gasteiger partial charge on any atom is 0.243 e. The summed E-state index contributed by atoms with van der Waals surface area (Å²) in [5.41, 5.74) is 2.82. The first-order valence-corrected chi connectivity index (χ1v) is 8.01. The molecular formula is C13H20Cl2N6OS. The molecule has 0 aliphatic carbocycles. The van der Waals surface area contributed by atoms with E-state index in [2.05, 4.69) is 25.6 Å². The van der Waals surface area contributed by atoms with Crippen molar-refractivity contribution >= 4 is 42.5 Å². The molecular weight excluding hydrogens is 359 g/mol. The average Bonchev–Trinajstić information content (AvgIpc) is 3.10. The topological polar surface area (TPSA) is 87.6 Å². The number of hydrogen-bond acceptors (Lipinski definition) is 5. The van der Waals surface area contributed by atoms with Crippen LogP contribution in [-0.4, -0.2) is 38.2 Å². The van der Waals surface area contributed by atoms with Crippen LogP contribution < -0.4 is 10.6 Å². The van der Waals surface area contributed by atoms with Crippen molar-refractivity contribution in [1.29, 1.82) is 0 Å². The third-order valence-electron chi connectivity index (χ3n) is 3.68. The SMILES string of the molecule is CSc1ncc(CNC(=O)C2NCCc3[nH]cnc32)n1C.Cl.Cl. The van der Waals surface area contributed by atoms with Crippen molar-refractivity contribution in [2.75, 3.05) is 12.8 Å². The van der Waals surface area contributed by atoms with Crippen LogP contribution in [0.2, 0.25) is 0 Å². The number of nitrogens with zero attached hydrogens (tertiary/aromatic N) is 3. The minimum Gasteiger partial charge on any atom is -0.349 e. The maximum atomic E-state index is 12.4. The van der Waals surface area contributed by atoms with E-state index in [0.29, 0.717) is 6.54 Å². The zero-order chi connectivity index (χ0) is 14.8. The fourth-order valence-corrected chi connectivity index (χ4v) is 3.04. The standard InChI is InChI=1S/C13H18N6OS.2ClH/c1-19-8(6-16-13(19)21-2)5-15-12(20)11-10-9(3-4-14-11)17-7-18-10;;/h6-7,11,14H,3-5H2,1-2H3,(H,15,20)(H,17,18);2*1H. The first kappa shape index (κ1) is 19.8. The molecule has 1 aliphatic rings. The molecule has 0 fully saturated rings. The van der Waals surface area contributed by atoms with Gasteiger partial charge in [0.2, 0.25) is 5.91 Å². The summed E-state index contributed by atoms with van der Waals surface area (Å²) in [5, 5.41) is 7.09. The summed E-state index contributed by atoms with van der Waals surface area (Å²) in [4.78, 5) is 24.0. The van der Waals surface area contributed by atoms with E-state index in [-0.39, 0.29) is 36.8 Å². The Morgan fingerprint density at radius 3 is 2.96 bits per heavy atom. The van der Waals surface area contributed by atoms with E-state index >= 15 is 0 Å². The summed E-state index contributed by atoms with van der Waals surface area (Å²) < 4.78 is 1.99. The summed E-state index contributed by atoms with van der Waals surface area (Å²) in [6, 6.07) is -0.381. The Labute approximate surface area is 151 Å². The number of amides is 1. The number of hydrogen-bond donors (Lipinski definition) is 3. The largest absolute Gasteiger partial charge is 0.349 e. The quantitative estimate of drug-likeness (QED) is 0.696. The number of H-pyrrole nitrogens is 1. The molecule has 0 bridgehead atoms. The summed E-state index contributed by atoms with van der Waals surface area (Å²) >= 11 is 1.58. The van der Waals surface area contributed by atoms with Crippen LogP contribution in [0.4, 0.5) is 0 Å². The van der Waals surface area contributed by atoms with Gasteiger partial charge in [-0.3, -0.25) is 4.79 Å². The highest BCUT2D eigenvalue weighted by molar-refractivity contribution is 7.98. The number of imidazole rings is 2. The monoisotopic (exact) mass is 378 g/mol. The Morgan fingerprint density at radius 2 is 2.26 bits per heavy atom. The molecule has 3 N–H and O–H groups in total. The average molecular weight is 379 g/mol. The fraction of sp³-hybridized carbons (Fsp3) is 0.462. The normalized spacial score (nSPS) is 16.0. The predicted octanol–water partition coefficient (Wildman–Crippen LogP) is 1.21. The highest BCUT2D eigenvalue weighted by Gasteiger charge is 2.28. The van der Waals surface area contributed by atoms with E-state index in [4.69, 9.17) is 0 Å². The summed E-state index contributed by atoms with van der Waals surface area (Å²) in [5.74, 6) is -0.0602.